The monoisotopic (exact) mass is 347 g/mol. The van der Waals surface area contributed by atoms with Crippen molar-refractivity contribution < 1.29 is 9.18 Å². The topological polar surface area (TPSA) is 26.8 Å². The van der Waals surface area contributed by atoms with Crippen LogP contribution >= 0.6 is 0 Å². The summed E-state index contributed by atoms with van der Waals surface area (Å²) in [5, 5.41) is 0. The molecule has 0 N–H and O–H groups in total. The van der Waals surface area contributed by atoms with Crippen LogP contribution in [0.25, 0.3) is 0 Å². The molecule has 1 aliphatic heterocycles. The Labute approximate surface area is 150 Å². The zero-order chi connectivity index (χ0) is 17.6. The summed E-state index contributed by atoms with van der Waals surface area (Å²) < 4.78 is 13.1. The van der Waals surface area contributed by atoms with Gasteiger partial charge in [-0.3, -0.25) is 9.69 Å². The number of carbonyl (C=O) groups is 1. The summed E-state index contributed by atoms with van der Waals surface area (Å²) in [6, 6.07) is 7.14. The minimum atomic E-state index is -0.198. The van der Waals surface area contributed by atoms with Crippen LogP contribution < -0.4 is 4.90 Å². The van der Waals surface area contributed by atoms with Crippen molar-refractivity contribution in [1.82, 2.24) is 9.80 Å². The van der Waals surface area contributed by atoms with Crippen LogP contribution in [0, 0.1) is 5.82 Å². The Kier molecular flexibility index (Phi) is 6.29. The number of rotatable bonds is 4. The third-order valence-electron chi connectivity index (χ3n) is 5.65. The number of carbonyl (C=O) groups excluding carboxylic acids is 1. The third kappa shape index (κ3) is 4.94. The second-order valence-corrected chi connectivity index (χ2v) is 7.39. The van der Waals surface area contributed by atoms with Gasteiger partial charge in [0.25, 0.3) is 0 Å². The van der Waals surface area contributed by atoms with Gasteiger partial charge in [-0.2, -0.15) is 0 Å². The molecule has 1 saturated carbocycles. The average Bonchev–Trinajstić information content (AvgIpc) is 2.88. The van der Waals surface area contributed by atoms with E-state index in [1.807, 2.05) is 24.1 Å². The van der Waals surface area contributed by atoms with Crippen LogP contribution in [-0.4, -0.2) is 61.5 Å². The van der Waals surface area contributed by atoms with Crippen molar-refractivity contribution >= 4 is 11.6 Å². The highest BCUT2D eigenvalue weighted by Gasteiger charge is 2.24. The molecule has 0 aromatic heterocycles. The van der Waals surface area contributed by atoms with E-state index in [-0.39, 0.29) is 11.7 Å². The van der Waals surface area contributed by atoms with Crippen LogP contribution in [0.3, 0.4) is 0 Å². The van der Waals surface area contributed by atoms with E-state index in [1.54, 1.807) is 0 Å². The van der Waals surface area contributed by atoms with E-state index in [4.69, 9.17) is 0 Å². The molecule has 0 atom stereocenters. The molecule has 1 aromatic carbocycles. The van der Waals surface area contributed by atoms with Gasteiger partial charge in [-0.25, -0.2) is 4.39 Å². The quantitative estimate of drug-likeness (QED) is 0.837. The molecule has 0 bridgehead atoms. The molecule has 25 heavy (non-hydrogen) atoms. The van der Waals surface area contributed by atoms with Gasteiger partial charge < -0.3 is 9.80 Å². The van der Waals surface area contributed by atoms with E-state index in [0.29, 0.717) is 12.6 Å². The summed E-state index contributed by atoms with van der Waals surface area (Å²) in [5.41, 5.74) is 1.06. The molecule has 0 unspecified atom stereocenters. The maximum atomic E-state index is 13.1. The number of hydrogen-bond donors (Lipinski definition) is 0. The van der Waals surface area contributed by atoms with E-state index in [9.17, 15) is 9.18 Å². The van der Waals surface area contributed by atoms with E-state index in [1.165, 1.54) is 31.4 Å². The van der Waals surface area contributed by atoms with Crippen LogP contribution in [0.2, 0.25) is 0 Å². The van der Waals surface area contributed by atoms with Crippen molar-refractivity contribution in [2.24, 2.45) is 0 Å². The molecule has 1 saturated heterocycles. The number of hydrogen-bond acceptors (Lipinski definition) is 3. The molecule has 3 rings (SSSR count). The van der Waals surface area contributed by atoms with E-state index in [2.05, 4.69) is 9.80 Å². The van der Waals surface area contributed by atoms with Crippen LogP contribution in [0.5, 0.6) is 0 Å². The van der Waals surface area contributed by atoms with E-state index < -0.39 is 0 Å². The van der Waals surface area contributed by atoms with Gasteiger partial charge in [-0.05, 0) is 43.5 Å². The highest BCUT2D eigenvalue weighted by molar-refractivity contribution is 5.78. The lowest BCUT2D eigenvalue weighted by molar-refractivity contribution is -0.133. The Morgan fingerprint density at radius 2 is 1.76 bits per heavy atom. The van der Waals surface area contributed by atoms with Gasteiger partial charge in [0.15, 0.2) is 0 Å². The second-order valence-electron chi connectivity index (χ2n) is 7.39. The molecule has 2 fully saturated rings. The SMILES string of the molecule is CN(C(=O)CN1CCCN(c2ccc(F)cc2)CC1)C1CCCCC1. The Morgan fingerprint density at radius 1 is 1.04 bits per heavy atom. The standard InChI is InChI=1S/C20H30FN3O/c1-22(18-6-3-2-4-7-18)20(25)16-23-12-5-13-24(15-14-23)19-10-8-17(21)9-11-19/h8-11,18H,2-7,12-16H2,1H3. The summed E-state index contributed by atoms with van der Waals surface area (Å²) in [6.07, 6.45) is 7.14. The molecule has 0 spiro atoms. The van der Waals surface area contributed by atoms with E-state index >= 15 is 0 Å². The van der Waals surface area contributed by atoms with Crippen LogP contribution in [0.15, 0.2) is 24.3 Å². The molecule has 0 radical (unpaired) electrons. The van der Waals surface area contributed by atoms with Gasteiger partial charge in [-0.15, -0.1) is 0 Å². The zero-order valence-electron chi connectivity index (χ0n) is 15.3. The minimum Gasteiger partial charge on any atom is -0.370 e. The van der Waals surface area contributed by atoms with Crippen molar-refractivity contribution in [2.75, 3.05) is 44.7 Å². The molecule has 2 aliphatic rings. The highest BCUT2D eigenvalue weighted by Crippen LogP contribution is 2.22. The van der Waals surface area contributed by atoms with Crippen molar-refractivity contribution in [3.05, 3.63) is 30.1 Å². The van der Waals surface area contributed by atoms with Gasteiger partial charge in [0.1, 0.15) is 5.82 Å². The van der Waals surface area contributed by atoms with Crippen LogP contribution in [0.1, 0.15) is 38.5 Å². The maximum absolute atomic E-state index is 13.1. The largest absolute Gasteiger partial charge is 0.370 e. The normalized spacial score (nSPS) is 20.3. The van der Waals surface area contributed by atoms with Gasteiger partial charge >= 0.3 is 0 Å². The summed E-state index contributed by atoms with van der Waals surface area (Å²) in [4.78, 5) is 19.2. The number of amides is 1. The average molecular weight is 347 g/mol. The highest BCUT2D eigenvalue weighted by atomic mass is 19.1. The van der Waals surface area contributed by atoms with Gasteiger partial charge in [0, 0.05) is 45.0 Å². The van der Waals surface area contributed by atoms with Crippen molar-refractivity contribution in [1.29, 1.82) is 0 Å². The number of halogens is 1. The Balaban J connectivity index is 1.50. The second kappa shape index (κ2) is 8.65. The van der Waals surface area contributed by atoms with Crippen molar-refractivity contribution in [2.45, 2.75) is 44.6 Å². The first-order chi connectivity index (χ1) is 12.1. The van der Waals surface area contributed by atoms with E-state index in [0.717, 1.165) is 51.1 Å². The number of anilines is 1. The predicted molar refractivity (Wildman–Crippen MR) is 99.3 cm³/mol. The van der Waals surface area contributed by atoms with Gasteiger partial charge in [0.2, 0.25) is 5.91 Å². The first kappa shape index (κ1) is 18.2. The zero-order valence-corrected chi connectivity index (χ0v) is 15.3. The molecule has 5 heteroatoms. The van der Waals surface area contributed by atoms with Crippen molar-refractivity contribution in [3.8, 4) is 0 Å². The molecule has 1 heterocycles. The number of benzene rings is 1. The molecule has 138 valence electrons. The fourth-order valence-corrected chi connectivity index (χ4v) is 4.01. The van der Waals surface area contributed by atoms with Gasteiger partial charge in [-0.1, -0.05) is 19.3 Å². The molecular formula is C20H30FN3O. The smallest absolute Gasteiger partial charge is 0.236 e. The first-order valence-electron chi connectivity index (χ1n) is 9.62. The molecule has 1 aliphatic carbocycles. The Morgan fingerprint density at radius 3 is 2.48 bits per heavy atom. The third-order valence-corrected chi connectivity index (χ3v) is 5.65. The minimum absolute atomic E-state index is 0.198. The molecule has 4 nitrogen and oxygen atoms in total. The summed E-state index contributed by atoms with van der Waals surface area (Å²) in [5.74, 6) is 0.0543. The van der Waals surface area contributed by atoms with Crippen LogP contribution in [0.4, 0.5) is 10.1 Å². The lowest BCUT2D eigenvalue weighted by Gasteiger charge is -2.33. The maximum Gasteiger partial charge on any atom is 0.236 e. The number of nitrogens with zero attached hydrogens (tertiary/aromatic N) is 3. The summed E-state index contributed by atoms with van der Waals surface area (Å²) >= 11 is 0. The summed E-state index contributed by atoms with van der Waals surface area (Å²) in [7, 11) is 1.97. The first-order valence-corrected chi connectivity index (χ1v) is 9.62. The summed E-state index contributed by atoms with van der Waals surface area (Å²) in [6.45, 7) is 4.18. The molecule has 1 amide bonds. The number of likely N-dealkylation sites (N-methyl/N-ethyl adjacent to an activating group) is 1. The fourth-order valence-electron chi connectivity index (χ4n) is 4.01. The lowest BCUT2D eigenvalue weighted by atomic mass is 9.94. The Bertz CT molecular complexity index is 557. The van der Waals surface area contributed by atoms with Gasteiger partial charge in [0.05, 0.1) is 6.54 Å². The van der Waals surface area contributed by atoms with Crippen molar-refractivity contribution in [3.63, 3.8) is 0 Å². The fraction of sp³-hybridized carbons (Fsp3) is 0.650. The molecular weight excluding hydrogens is 317 g/mol. The van der Waals surface area contributed by atoms with Crippen LogP contribution in [-0.2, 0) is 4.79 Å². The lowest BCUT2D eigenvalue weighted by Crippen LogP contribution is -2.45. The predicted octanol–water partition coefficient (Wildman–Crippen LogP) is 3.13. The molecule has 1 aromatic rings. The Hall–Kier alpha value is -1.62.